The second-order valence-corrected chi connectivity index (χ2v) is 6.77. The van der Waals surface area contributed by atoms with E-state index in [9.17, 15) is 9.59 Å². The molecule has 1 aliphatic rings. The Bertz CT molecular complexity index is 1030. The van der Waals surface area contributed by atoms with Crippen LogP contribution in [0.4, 0.5) is 5.69 Å². The summed E-state index contributed by atoms with van der Waals surface area (Å²) in [7, 11) is 0. The highest BCUT2D eigenvalue weighted by molar-refractivity contribution is 9.10. The van der Waals surface area contributed by atoms with Gasteiger partial charge < -0.3 is 19.5 Å². The molecule has 0 saturated carbocycles. The first-order valence-corrected chi connectivity index (χ1v) is 9.17. The summed E-state index contributed by atoms with van der Waals surface area (Å²) in [5.41, 5.74) is 1.45. The van der Waals surface area contributed by atoms with E-state index < -0.39 is 5.97 Å². The molecule has 0 aliphatic carbocycles. The van der Waals surface area contributed by atoms with E-state index in [1.54, 1.807) is 60.7 Å². The fourth-order valence-electron chi connectivity index (χ4n) is 2.64. The Balaban J connectivity index is 1.43. The molecule has 7 heteroatoms. The number of rotatable bonds is 4. The van der Waals surface area contributed by atoms with E-state index in [0.717, 1.165) is 0 Å². The monoisotopic (exact) mass is 439 g/mol. The highest BCUT2D eigenvalue weighted by atomic mass is 79.9. The minimum absolute atomic E-state index is 0.135. The van der Waals surface area contributed by atoms with Gasteiger partial charge in [-0.05, 0) is 64.5 Å². The first-order valence-electron chi connectivity index (χ1n) is 8.38. The van der Waals surface area contributed by atoms with Crippen molar-refractivity contribution in [2.24, 2.45) is 0 Å². The van der Waals surface area contributed by atoms with Crippen molar-refractivity contribution in [3.63, 3.8) is 0 Å². The predicted molar refractivity (Wildman–Crippen MR) is 106 cm³/mol. The van der Waals surface area contributed by atoms with Crippen LogP contribution in [0.2, 0.25) is 0 Å². The van der Waals surface area contributed by atoms with Gasteiger partial charge in [0.05, 0.1) is 11.1 Å². The number of benzene rings is 3. The molecule has 0 unspecified atom stereocenters. The van der Waals surface area contributed by atoms with Crippen molar-refractivity contribution in [2.45, 2.75) is 0 Å². The third kappa shape index (κ3) is 3.84. The minimum Gasteiger partial charge on any atom is -0.454 e. The van der Waals surface area contributed by atoms with Crippen molar-refractivity contribution >= 4 is 33.5 Å². The topological polar surface area (TPSA) is 73.9 Å². The smallest absolute Gasteiger partial charge is 0.343 e. The number of esters is 1. The molecular weight excluding hydrogens is 426 g/mol. The third-order valence-corrected chi connectivity index (χ3v) is 4.70. The van der Waals surface area contributed by atoms with Gasteiger partial charge in [0.2, 0.25) is 6.79 Å². The van der Waals surface area contributed by atoms with E-state index >= 15 is 0 Å². The Morgan fingerprint density at radius 1 is 0.929 bits per heavy atom. The molecule has 0 atom stereocenters. The summed E-state index contributed by atoms with van der Waals surface area (Å²) < 4.78 is 16.5. The Morgan fingerprint density at radius 2 is 1.61 bits per heavy atom. The van der Waals surface area contributed by atoms with Crippen LogP contribution in [0.15, 0.2) is 71.2 Å². The molecular formula is C21H14BrNO5. The number of anilines is 1. The quantitative estimate of drug-likeness (QED) is 0.473. The van der Waals surface area contributed by atoms with Crippen LogP contribution in [-0.2, 0) is 0 Å². The molecule has 4 rings (SSSR count). The van der Waals surface area contributed by atoms with Gasteiger partial charge in [-0.25, -0.2) is 4.79 Å². The average Bonchev–Trinajstić information content (AvgIpc) is 3.16. The zero-order valence-corrected chi connectivity index (χ0v) is 16.1. The first kappa shape index (κ1) is 18.1. The van der Waals surface area contributed by atoms with Crippen LogP contribution in [0.3, 0.4) is 0 Å². The standard InChI is InChI=1S/C21H14BrNO5/c22-17-11-19-18(26-12-27-19)10-16(17)20(24)23-14-6-8-15(9-7-14)28-21(25)13-4-2-1-3-5-13/h1-11H,12H2,(H,23,24). The van der Waals surface area contributed by atoms with Gasteiger partial charge in [0.1, 0.15) is 5.75 Å². The lowest BCUT2D eigenvalue weighted by Gasteiger charge is -2.09. The molecule has 0 saturated heterocycles. The van der Waals surface area contributed by atoms with Crippen LogP contribution >= 0.6 is 15.9 Å². The minimum atomic E-state index is -0.443. The van der Waals surface area contributed by atoms with Crippen LogP contribution in [0.1, 0.15) is 20.7 Å². The van der Waals surface area contributed by atoms with Gasteiger partial charge in [0, 0.05) is 10.2 Å². The number of hydrogen-bond acceptors (Lipinski definition) is 5. The normalized spacial score (nSPS) is 11.8. The number of fused-ring (bicyclic) bond motifs is 1. The SMILES string of the molecule is O=C(Oc1ccc(NC(=O)c2cc3c(cc2Br)OCO3)cc1)c1ccccc1. The van der Waals surface area contributed by atoms with E-state index in [0.29, 0.717) is 38.5 Å². The maximum atomic E-state index is 12.6. The van der Waals surface area contributed by atoms with E-state index in [2.05, 4.69) is 21.2 Å². The molecule has 0 aromatic heterocycles. The molecule has 1 aliphatic heterocycles. The van der Waals surface area contributed by atoms with Gasteiger partial charge in [0.25, 0.3) is 5.91 Å². The molecule has 1 N–H and O–H groups in total. The van der Waals surface area contributed by atoms with E-state index in [-0.39, 0.29) is 12.7 Å². The van der Waals surface area contributed by atoms with Crippen LogP contribution in [0.5, 0.6) is 17.2 Å². The summed E-state index contributed by atoms with van der Waals surface area (Å²) >= 11 is 3.37. The molecule has 0 radical (unpaired) electrons. The first-order chi connectivity index (χ1) is 13.6. The average molecular weight is 440 g/mol. The van der Waals surface area contributed by atoms with Crippen molar-refractivity contribution < 1.29 is 23.8 Å². The summed E-state index contributed by atoms with van der Waals surface area (Å²) in [6, 6.07) is 18.6. The van der Waals surface area contributed by atoms with Crippen LogP contribution in [0.25, 0.3) is 0 Å². The fraction of sp³-hybridized carbons (Fsp3) is 0.0476. The summed E-state index contributed by atoms with van der Waals surface area (Å²) in [6.07, 6.45) is 0. The Morgan fingerprint density at radius 3 is 2.32 bits per heavy atom. The summed E-state index contributed by atoms with van der Waals surface area (Å²) in [4.78, 5) is 24.6. The molecule has 28 heavy (non-hydrogen) atoms. The zero-order chi connectivity index (χ0) is 19.5. The van der Waals surface area contributed by atoms with Crippen LogP contribution in [0, 0.1) is 0 Å². The lowest BCUT2D eigenvalue weighted by atomic mass is 10.2. The summed E-state index contributed by atoms with van der Waals surface area (Å²) in [5, 5.41) is 2.80. The van der Waals surface area contributed by atoms with E-state index in [4.69, 9.17) is 14.2 Å². The van der Waals surface area contributed by atoms with Gasteiger partial charge in [0.15, 0.2) is 11.5 Å². The Hall–Kier alpha value is -3.32. The molecule has 1 amide bonds. The lowest BCUT2D eigenvalue weighted by Crippen LogP contribution is -2.13. The van der Waals surface area contributed by atoms with Gasteiger partial charge >= 0.3 is 5.97 Å². The van der Waals surface area contributed by atoms with Crippen LogP contribution < -0.4 is 19.5 Å². The molecule has 3 aromatic carbocycles. The highest BCUT2D eigenvalue weighted by Gasteiger charge is 2.20. The van der Waals surface area contributed by atoms with Crippen molar-refractivity contribution in [3.05, 3.63) is 82.3 Å². The molecule has 0 spiro atoms. The van der Waals surface area contributed by atoms with Crippen molar-refractivity contribution in [3.8, 4) is 17.2 Å². The van der Waals surface area contributed by atoms with Gasteiger partial charge in [-0.1, -0.05) is 18.2 Å². The fourth-order valence-corrected chi connectivity index (χ4v) is 3.14. The van der Waals surface area contributed by atoms with E-state index in [1.807, 2.05) is 6.07 Å². The van der Waals surface area contributed by atoms with E-state index in [1.165, 1.54) is 0 Å². The van der Waals surface area contributed by atoms with Crippen molar-refractivity contribution in [1.29, 1.82) is 0 Å². The number of hydrogen-bond donors (Lipinski definition) is 1. The molecule has 6 nitrogen and oxygen atoms in total. The number of halogens is 1. The Labute approximate surface area is 169 Å². The number of nitrogens with one attached hydrogen (secondary N) is 1. The number of amides is 1. The summed E-state index contributed by atoms with van der Waals surface area (Å²) in [5.74, 6) is 0.751. The predicted octanol–water partition coefficient (Wildman–Crippen LogP) is 4.65. The number of carbonyl (C=O) groups is 2. The molecule has 0 bridgehead atoms. The van der Waals surface area contributed by atoms with Crippen molar-refractivity contribution in [1.82, 2.24) is 0 Å². The van der Waals surface area contributed by atoms with Gasteiger partial charge in [-0.2, -0.15) is 0 Å². The molecule has 3 aromatic rings. The number of ether oxygens (including phenoxy) is 3. The van der Waals surface area contributed by atoms with Crippen molar-refractivity contribution in [2.75, 3.05) is 12.1 Å². The second kappa shape index (κ2) is 7.74. The van der Waals surface area contributed by atoms with Gasteiger partial charge in [-0.15, -0.1) is 0 Å². The maximum Gasteiger partial charge on any atom is 0.343 e. The Kier molecular flexibility index (Phi) is 4.99. The lowest BCUT2D eigenvalue weighted by molar-refractivity contribution is 0.0734. The second-order valence-electron chi connectivity index (χ2n) is 5.92. The van der Waals surface area contributed by atoms with Crippen LogP contribution in [-0.4, -0.2) is 18.7 Å². The largest absolute Gasteiger partial charge is 0.454 e. The molecule has 1 heterocycles. The highest BCUT2D eigenvalue weighted by Crippen LogP contribution is 2.37. The number of carbonyl (C=O) groups excluding carboxylic acids is 2. The molecule has 140 valence electrons. The zero-order valence-electron chi connectivity index (χ0n) is 14.5. The molecule has 0 fully saturated rings. The summed E-state index contributed by atoms with van der Waals surface area (Å²) in [6.45, 7) is 0.135. The maximum absolute atomic E-state index is 12.6. The third-order valence-electron chi connectivity index (χ3n) is 4.04. The van der Waals surface area contributed by atoms with Gasteiger partial charge in [-0.3, -0.25) is 4.79 Å².